The van der Waals surface area contributed by atoms with E-state index in [1.807, 2.05) is 31.2 Å². The number of benzene rings is 2. The molecule has 154 valence electrons. The molecular formula is C22H22ClF3N2O. The van der Waals surface area contributed by atoms with Gasteiger partial charge in [-0.25, -0.2) is 0 Å². The highest BCUT2D eigenvalue weighted by Gasteiger charge is 2.34. The van der Waals surface area contributed by atoms with E-state index in [0.717, 1.165) is 35.4 Å². The normalized spacial score (nSPS) is 12.9. The summed E-state index contributed by atoms with van der Waals surface area (Å²) in [4.78, 5) is 15.7. The van der Waals surface area contributed by atoms with Crippen molar-refractivity contribution in [1.29, 1.82) is 0 Å². The van der Waals surface area contributed by atoms with Gasteiger partial charge < -0.3 is 10.3 Å². The van der Waals surface area contributed by atoms with Gasteiger partial charge in [0, 0.05) is 36.0 Å². The van der Waals surface area contributed by atoms with Crippen molar-refractivity contribution in [2.75, 3.05) is 6.54 Å². The SMILES string of the molecule is CCCCNC(=O)CC(c1ccc(Cl)c(C(F)(F)F)c1)c1c[nH]c2ccccc12. The molecule has 0 bridgehead atoms. The molecule has 3 nitrogen and oxygen atoms in total. The fraction of sp³-hybridized carbons (Fsp3) is 0.318. The van der Waals surface area contributed by atoms with Crippen LogP contribution >= 0.6 is 11.6 Å². The number of unbranched alkanes of at least 4 members (excludes halogenated alkanes) is 1. The minimum Gasteiger partial charge on any atom is -0.361 e. The predicted molar refractivity (Wildman–Crippen MR) is 109 cm³/mol. The van der Waals surface area contributed by atoms with Crippen LogP contribution in [0.2, 0.25) is 5.02 Å². The van der Waals surface area contributed by atoms with E-state index in [0.29, 0.717) is 12.1 Å². The van der Waals surface area contributed by atoms with E-state index in [4.69, 9.17) is 11.6 Å². The third-order valence-electron chi connectivity index (χ3n) is 4.94. The number of H-pyrrole nitrogens is 1. The van der Waals surface area contributed by atoms with E-state index in [9.17, 15) is 18.0 Å². The Balaban J connectivity index is 2.03. The van der Waals surface area contributed by atoms with Crippen molar-refractivity contribution < 1.29 is 18.0 Å². The zero-order valence-electron chi connectivity index (χ0n) is 15.9. The Kier molecular flexibility index (Phi) is 6.52. The monoisotopic (exact) mass is 422 g/mol. The lowest BCUT2D eigenvalue weighted by Crippen LogP contribution is -2.26. The smallest absolute Gasteiger partial charge is 0.361 e. The van der Waals surface area contributed by atoms with Crippen LogP contribution in [0, 0.1) is 0 Å². The molecule has 29 heavy (non-hydrogen) atoms. The number of aromatic amines is 1. The second-order valence-electron chi connectivity index (χ2n) is 6.99. The standard InChI is InChI=1S/C22H22ClF3N2O/c1-2-3-10-27-21(29)12-16(17-13-28-20-7-5-4-6-15(17)20)14-8-9-19(23)18(11-14)22(24,25)26/h4-9,11,13,16,28H,2-3,10,12H2,1H3,(H,27,29). The number of alkyl halides is 3. The van der Waals surface area contributed by atoms with Crippen LogP contribution in [0.3, 0.4) is 0 Å². The Morgan fingerprint density at radius 3 is 2.69 bits per heavy atom. The predicted octanol–water partition coefficient (Wildman–Crippen LogP) is 6.28. The lowest BCUT2D eigenvalue weighted by atomic mass is 9.87. The molecule has 1 aromatic heterocycles. The van der Waals surface area contributed by atoms with E-state index in [-0.39, 0.29) is 17.4 Å². The van der Waals surface area contributed by atoms with Crippen molar-refractivity contribution in [2.45, 2.75) is 38.3 Å². The Morgan fingerprint density at radius 2 is 1.97 bits per heavy atom. The maximum atomic E-state index is 13.4. The fourth-order valence-electron chi connectivity index (χ4n) is 3.43. The lowest BCUT2D eigenvalue weighted by Gasteiger charge is -2.19. The molecule has 1 heterocycles. The summed E-state index contributed by atoms with van der Waals surface area (Å²) in [5.41, 5.74) is 1.15. The number of halogens is 4. The van der Waals surface area contributed by atoms with E-state index in [2.05, 4.69) is 10.3 Å². The number of fused-ring (bicyclic) bond motifs is 1. The summed E-state index contributed by atoms with van der Waals surface area (Å²) in [7, 11) is 0. The maximum absolute atomic E-state index is 13.4. The molecule has 0 spiro atoms. The van der Waals surface area contributed by atoms with Crippen LogP contribution in [0.5, 0.6) is 0 Å². The molecule has 0 aliphatic carbocycles. The zero-order chi connectivity index (χ0) is 21.0. The van der Waals surface area contributed by atoms with Gasteiger partial charge in [-0.15, -0.1) is 0 Å². The van der Waals surface area contributed by atoms with Gasteiger partial charge in [0.05, 0.1) is 10.6 Å². The summed E-state index contributed by atoms with van der Waals surface area (Å²) in [6, 6.07) is 11.4. The van der Waals surface area contributed by atoms with Crippen molar-refractivity contribution in [3.63, 3.8) is 0 Å². The Hall–Kier alpha value is -2.47. The molecule has 7 heteroatoms. The molecule has 2 aromatic carbocycles. The first-order valence-electron chi connectivity index (χ1n) is 9.50. The molecule has 0 aliphatic heterocycles. The molecule has 3 aromatic rings. The van der Waals surface area contributed by atoms with Gasteiger partial charge >= 0.3 is 6.18 Å². The number of rotatable bonds is 7. The minimum absolute atomic E-state index is 0.0461. The number of hydrogen-bond acceptors (Lipinski definition) is 1. The number of nitrogens with one attached hydrogen (secondary N) is 2. The van der Waals surface area contributed by atoms with Crippen molar-refractivity contribution >= 4 is 28.4 Å². The van der Waals surface area contributed by atoms with Crippen LogP contribution in [0.1, 0.15) is 48.8 Å². The highest BCUT2D eigenvalue weighted by atomic mass is 35.5. The highest BCUT2D eigenvalue weighted by Crippen LogP contribution is 2.39. The first-order chi connectivity index (χ1) is 13.8. The summed E-state index contributed by atoms with van der Waals surface area (Å²) < 4.78 is 40.2. The summed E-state index contributed by atoms with van der Waals surface area (Å²) in [6.45, 7) is 2.57. The van der Waals surface area contributed by atoms with Crippen LogP contribution < -0.4 is 5.32 Å². The maximum Gasteiger partial charge on any atom is 0.417 e. The van der Waals surface area contributed by atoms with Crippen LogP contribution in [-0.2, 0) is 11.0 Å². The average molecular weight is 423 g/mol. The number of para-hydroxylation sites is 1. The van der Waals surface area contributed by atoms with E-state index < -0.39 is 17.7 Å². The Morgan fingerprint density at radius 1 is 1.21 bits per heavy atom. The molecule has 0 aliphatic rings. The van der Waals surface area contributed by atoms with Crippen LogP contribution in [0.15, 0.2) is 48.7 Å². The first-order valence-corrected chi connectivity index (χ1v) is 9.88. The van der Waals surface area contributed by atoms with Gasteiger partial charge in [-0.05, 0) is 35.7 Å². The molecule has 0 saturated heterocycles. The van der Waals surface area contributed by atoms with E-state index in [1.54, 1.807) is 12.3 Å². The third kappa shape index (κ3) is 4.93. The molecule has 0 saturated carbocycles. The summed E-state index contributed by atoms with van der Waals surface area (Å²) in [5.74, 6) is -0.733. The van der Waals surface area contributed by atoms with Crippen molar-refractivity contribution in [1.82, 2.24) is 10.3 Å². The summed E-state index contributed by atoms with van der Waals surface area (Å²) >= 11 is 5.79. The third-order valence-corrected chi connectivity index (χ3v) is 5.27. The molecule has 0 fully saturated rings. The van der Waals surface area contributed by atoms with Crippen molar-refractivity contribution in [3.05, 3.63) is 70.4 Å². The van der Waals surface area contributed by atoms with E-state index in [1.165, 1.54) is 6.07 Å². The zero-order valence-corrected chi connectivity index (χ0v) is 16.7. The van der Waals surface area contributed by atoms with Crippen LogP contribution in [-0.4, -0.2) is 17.4 Å². The minimum atomic E-state index is -4.57. The van der Waals surface area contributed by atoms with E-state index >= 15 is 0 Å². The number of aromatic nitrogens is 1. The molecule has 3 rings (SSSR count). The topological polar surface area (TPSA) is 44.9 Å². The number of amides is 1. The first kappa shape index (κ1) is 21.2. The quantitative estimate of drug-likeness (QED) is 0.432. The molecule has 2 N–H and O–H groups in total. The Bertz CT molecular complexity index is 997. The summed E-state index contributed by atoms with van der Waals surface area (Å²) in [5, 5.41) is 3.37. The number of carbonyl (C=O) groups excluding carboxylic acids is 1. The van der Waals surface area contributed by atoms with Crippen LogP contribution in [0.25, 0.3) is 10.9 Å². The number of carbonyl (C=O) groups is 1. The summed E-state index contributed by atoms with van der Waals surface area (Å²) in [6.07, 6.45) is -0.969. The highest BCUT2D eigenvalue weighted by molar-refractivity contribution is 6.31. The van der Waals surface area contributed by atoms with Gasteiger partial charge in [0.2, 0.25) is 5.91 Å². The van der Waals surface area contributed by atoms with Gasteiger partial charge in [0.25, 0.3) is 0 Å². The molecule has 1 atom stereocenters. The fourth-order valence-corrected chi connectivity index (χ4v) is 3.65. The average Bonchev–Trinajstić information content (AvgIpc) is 3.10. The van der Waals surface area contributed by atoms with Crippen LogP contribution in [0.4, 0.5) is 13.2 Å². The van der Waals surface area contributed by atoms with Gasteiger partial charge in [0.1, 0.15) is 0 Å². The van der Waals surface area contributed by atoms with Gasteiger partial charge in [-0.3, -0.25) is 4.79 Å². The largest absolute Gasteiger partial charge is 0.417 e. The second-order valence-corrected chi connectivity index (χ2v) is 7.39. The van der Waals surface area contributed by atoms with Crippen molar-refractivity contribution in [2.24, 2.45) is 0 Å². The van der Waals surface area contributed by atoms with Crippen molar-refractivity contribution in [3.8, 4) is 0 Å². The molecule has 0 radical (unpaired) electrons. The van der Waals surface area contributed by atoms with Gasteiger partial charge in [0.15, 0.2) is 0 Å². The van der Waals surface area contributed by atoms with Gasteiger partial charge in [-0.2, -0.15) is 13.2 Å². The molecule has 1 amide bonds. The lowest BCUT2D eigenvalue weighted by molar-refractivity contribution is -0.137. The number of hydrogen-bond donors (Lipinski definition) is 2. The molecular weight excluding hydrogens is 401 g/mol. The van der Waals surface area contributed by atoms with Gasteiger partial charge in [-0.1, -0.05) is 49.2 Å². The Labute approximate surface area is 172 Å². The second kappa shape index (κ2) is 8.91. The molecule has 1 unspecified atom stereocenters.